The molecular formula is C26H30N2O7. The Morgan fingerprint density at radius 2 is 1.77 bits per heavy atom. The van der Waals surface area contributed by atoms with Crippen molar-refractivity contribution in [3.05, 3.63) is 59.7 Å². The molecule has 2 N–H and O–H groups in total. The van der Waals surface area contributed by atoms with Gasteiger partial charge in [0.25, 0.3) is 0 Å². The first-order valence-corrected chi connectivity index (χ1v) is 11.7. The number of aliphatic carboxylic acids is 1. The molecule has 2 atom stereocenters. The van der Waals surface area contributed by atoms with Crippen LogP contribution in [0.25, 0.3) is 11.1 Å². The molecule has 0 bridgehead atoms. The van der Waals surface area contributed by atoms with Crippen molar-refractivity contribution in [1.29, 1.82) is 0 Å². The van der Waals surface area contributed by atoms with Crippen molar-refractivity contribution >= 4 is 18.0 Å². The van der Waals surface area contributed by atoms with Gasteiger partial charge in [0.15, 0.2) is 0 Å². The summed E-state index contributed by atoms with van der Waals surface area (Å²) in [6, 6.07) is 15.3. The van der Waals surface area contributed by atoms with Gasteiger partial charge in [0.1, 0.15) is 12.6 Å². The van der Waals surface area contributed by atoms with Crippen LogP contribution in [-0.4, -0.2) is 80.1 Å². The van der Waals surface area contributed by atoms with Gasteiger partial charge in [-0.2, -0.15) is 0 Å². The number of fused-ring (bicyclic) bond motifs is 3. The van der Waals surface area contributed by atoms with Crippen LogP contribution in [0.3, 0.4) is 0 Å². The molecule has 9 heteroatoms. The largest absolute Gasteiger partial charge is 0.481 e. The number of rotatable bonds is 9. The van der Waals surface area contributed by atoms with Crippen molar-refractivity contribution in [2.24, 2.45) is 0 Å². The Balaban J connectivity index is 1.39. The lowest BCUT2D eigenvalue weighted by atomic mass is 9.98. The third-order valence-electron chi connectivity index (χ3n) is 6.40. The van der Waals surface area contributed by atoms with Gasteiger partial charge in [0, 0.05) is 39.1 Å². The third-order valence-corrected chi connectivity index (χ3v) is 6.40. The fourth-order valence-corrected chi connectivity index (χ4v) is 4.73. The lowest BCUT2D eigenvalue weighted by Gasteiger charge is -2.34. The first kappa shape index (κ1) is 24.7. The number of hydrogen-bond donors (Lipinski definition) is 2. The number of methoxy groups -OCH3 is 1. The number of benzene rings is 2. The lowest BCUT2D eigenvalue weighted by molar-refractivity contribution is -0.148. The minimum atomic E-state index is -0.989. The highest BCUT2D eigenvalue weighted by molar-refractivity contribution is 5.86. The van der Waals surface area contributed by atoms with Gasteiger partial charge < -0.3 is 29.5 Å². The van der Waals surface area contributed by atoms with Crippen LogP contribution in [0, 0.1) is 0 Å². The van der Waals surface area contributed by atoms with Crippen LogP contribution >= 0.6 is 0 Å². The smallest absolute Gasteiger partial charge is 0.407 e. The summed E-state index contributed by atoms with van der Waals surface area (Å²) in [6.07, 6.45) is -1.19. The van der Waals surface area contributed by atoms with Gasteiger partial charge in [-0.15, -0.1) is 0 Å². The molecule has 0 radical (unpaired) electrons. The van der Waals surface area contributed by atoms with E-state index < -0.39 is 24.2 Å². The van der Waals surface area contributed by atoms with Crippen LogP contribution in [0.5, 0.6) is 0 Å². The normalized spacial score (nSPS) is 17.9. The van der Waals surface area contributed by atoms with E-state index in [1.54, 1.807) is 0 Å². The zero-order chi connectivity index (χ0) is 24.8. The maximum atomic E-state index is 13.2. The first-order valence-electron chi connectivity index (χ1n) is 11.7. The number of nitrogens with one attached hydrogen (secondary N) is 1. The molecule has 2 aromatic carbocycles. The average Bonchev–Trinajstić information content (AvgIpc) is 3.18. The van der Waals surface area contributed by atoms with Crippen LogP contribution in [-0.2, 0) is 23.8 Å². The number of amides is 2. The molecule has 0 spiro atoms. The predicted molar refractivity (Wildman–Crippen MR) is 127 cm³/mol. The second-order valence-electron chi connectivity index (χ2n) is 8.68. The van der Waals surface area contributed by atoms with Crippen molar-refractivity contribution in [2.45, 2.75) is 30.9 Å². The molecule has 35 heavy (non-hydrogen) atoms. The fourth-order valence-electron chi connectivity index (χ4n) is 4.73. The second kappa shape index (κ2) is 11.3. The Kier molecular flexibility index (Phi) is 7.99. The summed E-state index contributed by atoms with van der Waals surface area (Å²) in [5, 5.41) is 11.7. The van der Waals surface area contributed by atoms with Crippen LogP contribution in [0.4, 0.5) is 4.79 Å². The number of carbonyl (C=O) groups excluding carboxylic acids is 2. The summed E-state index contributed by atoms with van der Waals surface area (Å²) >= 11 is 0. The number of alkyl carbamates (subject to hydrolysis) is 1. The zero-order valence-corrected chi connectivity index (χ0v) is 19.6. The number of nitrogens with zero attached hydrogens (tertiary/aromatic N) is 1. The van der Waals surface area contributed by atoms with E-state index in [9.17, 15) is 14.4 Å². The number of carboxylic acid groups (broad SMARTS) is 1. The topological polar surface area (TPSA) is 114 Å². The van der Waals surface area contributed by atoms with E-state index in [0.29, 0.717) is 6.54 Å². The SMILES string of the molecule is COCCC(NC(=O)OCC1c2ccccc2-c2ccccc21)C(=O)N1CCOC(CC(=O)O)C1. The quantitative estimate of drug-likeness (QED) is 0.565. The van der Waals surface area contributed by atoms with Crippen LogP contribution in [0.1, 0.15) is 29.9 Å². The monoisotopic (exact) mass is 482 g/mol. The van der Waals surface area contributed by atoms with Crippen LogP contribution in [0.2, 0.25) is 0 Å². The third kappa shape index (κ3) is 5.80. The molecule has 2 aromatic rings. The summed E-state index contributed by atoms with van der Waals surface area (Å²) in [5.41, 5.74) is 4.47. The van der Waals surface area contributed by atoms with Gasteiger partial charge in [-0.05, 0) is 22.3 Å². The van der Waals surface area contributed by atoms with Crippen molar-refractivity contribution < 1.29 is 33.7 Å². The number of carboxylic acids is 1. The highest BCUT2D eigenvalue weighted by atomic mass is 16.5. The Morgan fingerprint density at radius 3 is 2.40 bits per heavy atom. The Hall–Kier alpha value is -3.43. The van der Waals surface area contributed by atoms with Crippen LogP contribution < -0.4 is 5.32 Å². The summed E-state index contributed by atoms with van der Waals surface area (Å²) in [4.78, 5) is 38.5. The molecule has 1 saturated heterocycles. The molecule has 2 amide bonds. The number of morpholine rings is 1. The van der Waals surface area contributed by atoms with Gasteiger partial charge in [0.05, 0.1) is 19.1 Å². The van der Waals surface area contributed by atoms with Gasteiger partial charge in [-0.1, -0.05) is 48.5 Å². The van der Waals surface area contributed by atoms with E-state index >= 15 is 0 Å². The molecule has 0 aromatic heterocycles. The van der Waals surface area contributed by atoms with E-state index in [1.165, 1.54) is 12.0 Å². The average molecular weight is 483 g/mol. The molecule has 2 unspecified atom stereocenters. The molecule has 1 aliphatic heterocycles. The van der Waals surface area contributed by atoms with E-state index in [4.69, 9.17) is 19.3 Å². The van der Waals surface area contributed by atoms with Crippen molar-refractivity contribution in [1.82, 2.24) is 10.2 Å². The Morgan fingerprint density at radius 1 is 1.11 bits per heavy atom. The predicted octanol–water partition coefficient (Wildman–Crippen LogP) is 2.63. The minimum Gasteiger partial charge on any atom is -0.481 e. The van der Waals surface area contributed by atoms with Gasteiger partial charge >= 0.3 is 12.1 Å². The molecule has 186 valence electrons. The zero-order valence-electron chi connectivity index (χ0n) is 19.6. The molecule has 1 aliphatic carbocycles. The van der Waals surface area contributed by atoms with Gasteiger partial charge in [0.2, 0.25) is 5.91 Å². The number of hydrogen-bond acceptors (Lipinski definition) is 6. The number of ether oxygens (including phenoxy) is 3. The highest BCUT2D eigenvalue weighted by Gasteiger charge is 2.33. The van der Waals surface area contributed by atoms with E-state index in [1.807, 2.05) is 36.4 Å². The Bertz CT molecular complexity index is 1030. The highest BCUT2D eigenvalue weighted by Crippen LogP contribution is 2.44. The van der Waals surface area contributed by atoms with Crippen LogP contribution in [0.15, 0.2) is 48.5 Å². The molecule has 0 saturated carbocycles. The molecule has 9 nitrogen and oxygen atoms in total. The lowest BCUT2D eigenvalue weighted by Crippen LogP contribution is -2.54. The molecule has 2 aliphatic rings. The van der Waals surface area contributed by atoms with E-state index in [-0.39, 0.29) is 51.0 Å². The van der Waals surface area contributed by atoms with Gasteiger partial charge in [-0.3, -0.25) is 9.59 Å². The molecular weight excluding hydrogens is 452 g/mol. The summed E-state index contributed by atoms with van der Waals surface area (Å²) < 4.78 is 16.2. The Labute approximate surface area is 204 Å². The van der Waals surface area contributed by atoms with Crippen molar-refractivity contribution in [3.8, 4) is 11.1 Å². The molecule has 4 rings (SSSR count). The maximum Gasteiger partial charge on any atom is 0.407 e. The minimum absolute atomic E-state index is 0.0858. The van der Waals surface area contributed by atoms with E-state index in [2.05, 4.69) is 17.4 Å². The van der Waals surface area contributed by atoms with Gasteiger partial charge in [-0.25, -0.2) is 4.79 Å². The number of carbonyl (C=O) groups is 3. The molecule has 1 heterocycles. The van der Waals surface area contributed by atoms with Crippen molar-refractivity contribution in [3.63, 3.8) is 0 Å². The first-order chi connectivity index (χ1) is 17.0. The fraction of sp³-hybridized carbons (Fsp3) is 0.423. The standard InChI is InChI=1S/C26H30N2O7/c1-33-12-10-23(25(31)28-11-13-34-17(15-28)14-24(29)30)27-26(32)35-16-22-20-8-4-2-6-18(20)19-7-3-5-9-21(19)22/h2-9,17,22-23H,10-16H2,1H3,(H,27,32)(H,29,30). The summed E-state index contributed by atoms with van der Waals surface area (Å²) in [6.45, 7) is 1.13. The summed E-state index contributed by atoms with van der Waals surface area (Å²) in [5.74, 6) is -1.39. The summed E-state index contributed by atoms with van der Waals surface area (Å²) in [7, 11) is 1.52. The molecule has 1 fully saturated rings. The van der Waals surface area contributed by atoms with E-state index in [0.717, 1.165) is 22.3 Å². The second-order valence-corrected chi connectivity index (χ2v) is 8.68. The maximum absolute atomic E-state index is 13.2. The van der Waals surface area contributed by atoms with Crippen molar-refractivity contribution in [2.75, 3.05) is 40.0 Å².